The van der Waals surface area contributed by atoms with Gasteiger partial charge in [0.15, 0.2) is 5.58 Å². The molecule has 0 atom stereocenters. The Morgan fingerprint density at radius 2 is 2.31 bits per heavy atom. The second-order valence-corrected chi connectivity index (χ2v) is 2.89. The van der Waals surface area contributed by atoms with Gasteiger partial charge in [0.25, 0.3) is 6.01 Å². The molecule has 2 rings (SSSR count). The van der Waals surface area contributed by atoms with E-state index in [0.717, 1.165) is 17.5 Å². The number of fused-ring (bicyclic) bond motifs is 1. The minimum absolute atomic E-state index is 0.580. The van der Waals surface area contributed by atoms with Crippen molar-refractivity contribution in [1.29, 1.82) is 0 Å². The molecular formula is C10H12N2O. The molecule has 0 radical (unpaired) electrons. The average Bonchev–Trinajstić information content (AvgIpc) is 2.59. The number of para-hydroxylation sites is 1. The van der Waals surface area contributed by atoms with Crippen LogP contribution in [0.2, 0.25) is 0 Å². The summed E-state index contributed by atoms with van der Waals surface area (Å²) in [6, 6.07) is 6.60. The first-order valence-corrected chi connectivity index (χ1v) is 4.41. The van der Waals surface area contributed by atoms with Gasteiger partial charge in [0.2, 0.25) is 0 Å². The minimum Gasteiger partial charge on any atom is -0.423 e. The molecule has 3 nitrogen and oxygen atoms in total. The van der Waals surface area contributed by atoms with Crippen molar-refractivity contribution < 1.29 is 4.42 Å². The lowest BCUT2D eigenvalue weighted by Crippen LogP contribution is -1.85. The van der Waals surface area contributed by atoms with E-state index < -0.39 is 0 Å². The highest BCUT2D eigenvalue weighted by molar-refractivity contribution is 5.77. The van der Waals surface area contributed by atoms with Crippen LogP contribution in [-0.4, -0.2) is 12.0 Å². The molecule has 0 aliphatic carbocycles. The summed E-state index contributed by atoms with van der Waals surface area (Å²) in [5.41, 5.74) is 3.02. The summed E-state index contributed by atoms with van der Waals surface area (Å²) in [7, 11) is 1.80. The van der Waals surface area contributed by atoms with E-state index in [9.17, 15) is 0 Å². The molecule has 0 saturated carbocycles. The number of anilines is 1. The van der Waals surface area contributed by atoms with Crippen molar-refractivity contribution in [3.8, 4) is 0 Å². The summed E-state index contributed by atoms with van der Waals surface area (Å²) >= 11 is 0. The number of hydrogen-bond acceptors (Lipinski definition) is 3. The Kier molecular flexibility index (Phi) is 1.93. The SMILES string of the molecule is CCc1cccc2nc(NC)oc12. The lowest BCUT2D eigenvalue weighted by Gasteiger charge is -1.94. The summed E-state index contributed by atoms with van der Waals surface area (Å²) < 4.78 is 5.52. The van der Waals surface area contributed by atoms with E-state index in [1.165, 1.54) is 5.56 Å². The van der Waals surface area contributed by atoms with Crippen LogP contribution in [0.4, 0.5) is 6.01 Å². The van der Waals surface area contributed by atoms with E-state index in [1.54, 1.807) is 7.05 Å². The molecule has 1 N–H and O–H groups in total. The van der Waals surface area contributed by atoms with Crippen molar-refractivity contribution in [2.75, 3.05) is 12.4 Å². The van der Waals surface area contributed by atoms with Crippen molar-refractivity contribution >= 4 is 17.1 Å². The third-order valence-electron chi connectivity index (χ3n) is 2.09. The summed E-state index contributed by atoms with van der Waals surface area (Å²) in [4.78, 5) is 4.26. The van der Waals surface area contributed by atoms with E-state index >= 15 is 0 Å². The molecule has 0 spiro atoms. The molecule has 1 aromatic carbocycles. The molecule has 0 fully saturated rings. The number of benzene rings is 1. The number of aryl methyl sites for hydroxylation is 1. The predicted octanol–water partition coefficient (Wildman–Crippen LogP) is 2.43. The van der Waals surface area contributed by atoms with E-state index in [1.807, 2.05) is 12.1 Å². The molecule has 0 aliphatic rings. The standard InChI is InChI=1S/C10H12N2O/c1-3-7-5-4-6-8-9(7)13-10(11-2)12-8/h4-6H,3H2,1-2H3,(H,11,12). The van der Waals surface area contributed by atoms with Crippen LogP contribution >= 0.6 is 0 Å². The second-order valence-electron chi connectivity index (χ2n) is 2.89. The van der Waals surface area contributed by atoms with Crippen LogP contribution in [0.25, 0.3) is 11.1 Å². The smallest absolute Gasteiger partial charge is 0.295 e. The van der Waals surface area contributed by atoms with Gasteiger partial charge in [-0.25, -0.2) is 0 Å². The number of rotatable bonds is 2. The lowest BCUT2D eigenvalue weighted by molar-refractivity contribution is 0.616. The van der Waals surface area contributed by atoms with Crippen LogP contribution in [0, 0.1) is 0 Å². The summed E-state index contributed by atoms with van der Waals surface area (Å²) in [5, 5.41) is 2.89. The molecule has 13 heavy (non-hydrogen) atoms. The molecule has 0 aliphatic heterocycles. The zero-order chi connectivity index (χ0) is 9.26. The number of nitrogens with one attached hydrogen (secondary N) is 1. The van der Waals surface area contributed by atoms with Crippen LogP contribution in [0.5, 0.6) is 0 Å². The monoisotopic (exact) mass is 176 g/mol. The highest BCUT2D eigenvalue weighted by Crippen LogP contribution is 2.22. The number of nitrogens with zero attached hydrogens (tertiary/aromatic N) is 1. The number of oxazole rings is 1. The molecule has 0 saturated heterocycles. The summed E-state index contributed by atoms with van der Waals surface area (Å²) in [6.07, 6.45) is 0.968. The second kappa shape index (κ2) is 3.09. The third kappa shape index (κ3) is 1.26. The van der Waals surface area contributed by atoms with Crippen LogP contribution in [0.15, 0.2) is 22.6 Å². The Bertz CT molecular complexity index is 420. The molecule has 68 valence electrons. The van der Waals surface area contributed by atoms with Crippen LogP contribution in [0.3, 0.4) is 0 Å². The maximum Gasteiger partial charge on any atom is 0.295 e. The summed E-state index contributed by atoms with van der Waals surface area (Å²) in [5.74, 6) is 0. The third-order valence-corrected chi connectivity index (χ3v) is 2.09. The maximum absolute atomic E-state index is 5.52. The van der Waals surface area contributed by atoms with Gasteiger partial charge in [-0.2, -0.15) is 4.98 Å². The zero-order valence-corrected chi connectivity index (χ0v) is 7.79. The number of aromatic nitrogens is 1. The molecule has 0 unspecified atom stereocenters. The van der Waals surface area contributed by atoms with Crippen molar-refractivity contribution in [3.05, 3.63) is 23.8 Å². The van der Waals surface area contributed by atoms with Crippen molar-refractivity contribution in [2.45, 2.75) is 13.3 Å². The molecule has 0 bridgehead atoms. The molecule has 1 heterocycles. The first-order valence-electron chi connectivity index (χ1n) is 4.41. The maximum atomic E-state index is 5.52. The lowest BCUT2D eigenvalue weighted by atomic mass is 10.1. The Hall–Kier alpha value is -1.51. The fraction of sp³-hybridized carbons (Fsp3) is 0.300. The Morgan fingerprint density at radius 1 is 1.46 bits per heavy atom. The molecule has 3 heteroatoms. The zero-order valence-electron chi connectivity index (χ0n) is 7.79. The van der Waals surface area contributed by atoms with E-state index in [0.29, 0.717) is 6.01 Å². The van der Waals surface area contributed by atoms with Crippen molar-refractivity contribution in [2.24, 2.45) is 0 Å². The van der Waals surface area contributed by atoms with Gasteiger partial charge in [-0.05, 0) is 18.1 Å². The van der Waals surface area contributed by atoms with E-state index in [-0.39, 0.29) is 0 Å². The quantitative estimate of drug-likeness (QED) is 0.763. The first kappa shape index (κ1) is 8.10. The van der Waals surface area contributed by atoms with E-state index in [2.05, 4.69) is 23.3 Å². The Balaban J connectivity index is 2.67. The first-order chi connectivity index (χ1) is 6.35. The van der Waals surface area contributed by atoms with Gasteiger partial charge in [0, 0.05) is 7.05 Å². The minimum atomic E-state index is 0.580. The number of hydrogen-bond donors (Lipinski definition) is 1. The topological polar surface area (TPSA) is 38.1 Å². The molecule has 0 amide bonds. The Labute approximate surface area is 76.8 Å². The van der Waals surface area contributed by atoms with Gasteiger partial charge in [0.05, 0.1) is 0 Å². The fourth-order valence-corrected chi connectivity index (χ4v) is 1.39. The largest absolute Gasteiger partial charge is 0.423 e. The molecule has 2 aromatic rings. The van der Waals surface area contributed by atoms with Gasteiger partial charge in [-0.3, -0.25) is 0 Å². The average molecular weight is 176 g/mol. The molecule has 1 aromatic heterocycles. The van der Waals surface area contributed by atoms with Crippen LogP contribution < -0.4 is 5.32 Å². The highest BCUT2D eigenvalue weighted by Gasteiger charge is 2.06. The van der Waals surface area contributed by atoms with Crippen molar-refractivity contribution in [1.82, 2.24) is 4.98 Å². The predicted molar refractivity (Wildman–Crippen MR) is 52.9 cm³/mol. The highest BCUT2D eigenvalue weighted by atomic mass is 16.4. The normalized spacial score (nSPS) is 10.6. The van der Waals surface area contributed by atoms with Crippen LogP contribution in [-0.2, 0) is 6.42 Å². The van der Waals surface area contributed by atoms with Crippen LogP contribution in [0.1, 0.15) is 12.5 Å². The van der Waals surface area contributed by atoms with Crippen molar-refractivity contribution in [3.63, 3.8) is 0 Å². The van der Waals surface area contributed by atoms with Gasteiger partial charge in [-0.15, -0.1) is 0 Å². The summed E-state index contributed by atoms with van der Waals surface area (Å²) in [6.45, 7) is 2.11. The van der Waals surface area contributed by atoms with Gasteiger partial charge in [0.1, 0.15) is 5.52 Å². The van der Waals surface area contributed by atoms with Gasteiger partial charge < -0.3 is 9.73 Å². The van der Waals surface area contributed by atoms with E-state index in [4.69, 9.17) is 4.42 Å². The Morgan fingerprint density at radius 3 is 3.00 bits per heavy atom. The molecular weight excluding hydrogens is 164 g/mol. The van der Waals surface area contributed by atoms with Gasteiger partial charge >= 0.3 is 0 Å². The fourth-order valence-electron chi connectivity index (χ4n) is 1.39. The van der Waals surface area contributed by atoms with Gasteiger partial charge in [-0.1, -0.05) is 19.1 Å².